The number of hydrogen-bond acceptors (Lipinski definition) is 1. The van der Waals surface area contributed by atoms with Crippen molar-refractivity contribution in [3.8, 4) is 16.9 Å². The van der Waals surface area contributed by atoms with Gasteiger partial charge in [0, 0.05) is 0 Å². The van der Waals surface area contributed by atoms with Gasteiger partial charge in [0.2, 0.25) is 0 Å². The molecular formula is C34H32OZr. The van der Waals surface area contributed by atoms with Crippen LogP contribution in [0.5, 0.6) is 5.75 Å². The number of methoxy groups -OCH3 is 1. The van der Waals surface area contributed by atoms with E-state index < -0.39 is 18.3 Å². The fourth-order valence-corrected chi connectivity index (χ4v) is 23.7. The van der Waals surface area contributed by atoms with Crippen LogP contribution in [0.25, 0.3) is 11.1 Å². The van der Waals surface area contributed by atoms with Crippen LogP contribution in [0.3, 0.4) is 0 Å². The van der Waals surface area contributed by atoms with Gasteiger partial charge in [-0.25, -0.2) is 0 Å². The Kier molecular flexibility index (Phi) is 5.69. The molecule has 4 aromatic carbocycles. The molecule has 1 unspecified atom stereocenters. The Bertz CT molecular complexity index is 1540. The molecule has 2 heteroatoms. The van der Waals surface area contributed by atoms with Crippen LogP contribution in [0.4, 0.5) is 0 Å². The molecule has 1 atom stereocenters. The second-order valence-corrected chi connectivity index (χ2v) is 27.4. The fraction of sp³-hybridized carbons (Fsp3) is 0.147. The van der Waals surface area contributed by atoms with Gasteiger partial charge in [0.25, 0.3) is 0 Å². The zero-order chi connectivity index (χ0) is 24.8. The molecule has 6 rings (SSSR count). The van der Waals surface area contributed by atoms with Gasteiger partial charge in [-0.1, -0.05) is 0 Å². The summed E-state index contributed by atoms with van der Waals surface area (Å²) >= 11 is -4.17. The van der Waals surface area contributed by atoms with Gasteiger partial charge in [-0.2, -0.15) is 0 Å². The Morgan fingerprint density at radius 3 is 1.94 bits per heavy atom. The van der Waals surface area contributed by atoms with E-state index in [4.69, 9.17) is 4.74 Å². The Hall–Kier alpha value is -3.09. The molecule has 0 bridgehead atoms. The molecule has 4 aromatic rings. The van der Waals surface area contributed by atoms with Crippen molar-refractivity contribution in [3.63, 3.8) is 0 Å². The molecule has 0 spiro atoms. The summed E-state index contributed by atoms with van der Waals surface area (Å²) in [5.74, 6) is 0.934. The van der Waals surface area contributed by atoms with Gasteiger partial charge in [-0.3, -0.25) is 0 Å². The van der Waals surface area contributed by atoms with E-state index >= 15 is 0 Å². The number of ether oxygens (including phenoxy) is 1. The Labute approximate surface area is 215 Å². The van der Waals surface area contributed by atoms with Gasteiger partial charge >= 0.3 is 216 Å². The van der Waals surface area contributed by atoms with Crippen molar-refractivity contribution >= 4 is 3.21 Å². The molecule has 0 radical (unpaired) electrons. The number of fused-ring (bicyclic) bond motifs is 3. The number of allylic oxidation sites excluding steroid dienone is 4. The monoisotopic (exact) mass is 546 g/mol. The molecule has 0 saturated heterocycles. The van der Waals surface area contributed by atoms with Crippen molar-refractivity contribution in [3.05, 3.63) is 147 Å². The van der Waals surface area contributed by atoms with Gasteiger partial charge in [0.05, 0.1) is 0 Å². The van der Waals surface area contributed by atoms with Gasteiger partial charge in [0.1, 0.15) is 0 Å². The first-order valence-corrected chi connectivity index (χ1v) is 21.6. The number of rotatable bonds is 5. The van der Waals surface area contributed by atoms with E-state index in [2.05, 4.69) is 131 Å². The second-order valence-electron chi connectivity index (χ2n) is 10.9. The summed E-state index contributed by atoms with van der Waals surface area (Å²) in [6.45, 7) is 0. The topological polar surface area (TPSA) is 9.23 Å². The molecule has 0 aromatic heterocycles. The van der Waals surface area contributed by atoms with Crippen molar-refractivity contribution in [2.24, 2.45) is 0 Å². The summed E-state index contributed by atoms with van der Waals surface area (Å²) in [5.41, 5.74) is 8.31. The average molecular weight is 548 g/mol. The van der Waals surface area contributed by atoms with Gasteiger partial charge in [0.15, 0.2) is 0 Å². The molecule has 0 fully saturated rings. The predicted octanol–water partition coefficient (Wildman–Crippen LogP) is 8.66. The van der Waals surface area contributed by atoms with E-state index in [9.17, 15) is 0 Å². The van der Waals surface area contributed by atoms with Gasteiger partial charge < -0.3 is 0 Å². The first-order valence-electron chi connectivity index (χ1n) is 12.8. The third-order valence-electron chi connectivity index (χ3n) is 8.65. The van der Waals surface area contributed by atoms with Crippen LogP contribution >= 0.6 is 0 Å². The standard InChI is InChI=1S/C14H11O.C13H10.C5H5.2CH3.Zr/c1-15-12-6-7-14-11(9-12)8-10-4-2-3-5-13(10)14;1-3-7-12(8-4-1)11-13-9-5-2-6-10-13;1-2-4-5-3-1;;;/h2-9H,1H3;1-10H;1-3H,4H2;2*1H3;. The predicted molar refractivity (Wildman–Crippen MR) is 150 cm³/mol. The number of hydrogen-bond donors (Lipinski definition) is 0. The molecule has 2 aliphatic rings. The van der Waals surface area contributed by atoms with Crippen molar-refractivity contribution in [1.29, 1.82) is 0 Å². The minimum absolute atomic E-state index is 0.314. The third-order valence-corrected chi connectivity index (χ3v) is 25.4. The maximum absolute atomic E-state index is 5.78. The molecule has 178 valence electrons. The SMILES string of the molecule is COc1ccc2c(c1)[CH]([Zr]([CH3])([CH3])([C]1=CC=CC1)=[C](c1ccccc1)c1ccccc1)c1ccccc1-2. The molecule has 0 N–H and O–H groups in total. The zero-order valence-electron chi connectivity index (χ0n) is 21.2. The Balaban J connectivity index is 1.83. The second kappa shape index (κ2) is 8.79. The van der Waals surface area contributed by atoms with Gasteiger partial charge in [-0.05, 0) is 0 Å². The molecule has 36 heavy (non-hydrogen) atoms. The van der Waals surface area contributed by atoms with Crippen LogP contribution in [0.1, 0.15) is 32.3 Å². The van der Waals surface area contributed by atoms with Crippen LogP contribution in [-0.2, 0) is 18.3 Å². The summed E-state index contributed by atoms with van der Waals surface area (Å²) in [7, 11) is 1.78. The van der Waals surface area contributed by atoms with Crippen molar-refractivity contribution in [2.45, 2.75) is 19.3 Å². The third kappa shape index (κ3) is 3.42. The van der Waals surface area contributed by atoms with Crippen LogP contribution in [0, 0.1) is 0 Å². The quantitative estimate of drug-likeness (QED) is 0.243. The summed E-state index contributed by atoms with van der Waals surface area (Å²) in [5, 5.41) is 0. The molecular weight excluding hydrogens is 516 g/mol. The fourth-order valence-electron chi connectivity index (χ4n) is 7.02. The molecule has 0 aliphatic heterocycles. The summed E-state index contributed by atoms with van der Waals surface area (Å²) in [6, 6.07) is 38.1. The summed E-state index contributed by atoms with van der Waals surface area (Å²) in [6.07, 6.45) is 8.09. The normalized spacial score (nSPS) is 16.3. The van der Waals surface area contributed by atoms with Crippen LogP contribution in [-0.4, -0.2) is 10.3 Å². The van der Waals surface area contributed by atoms with Crippen molar-refractivity contribution in [1.82, 2.24) is 0 Å². The maximum atomic E-state index is 5.78. The Morgan fingerprint density at radius 2 is 1.33 bits per heavy atom. The van der Waals surface area contributed by atoms with Crippen molar-refractivity contribution in [2.75, 3.05) is 7.11 Å². The molecule has 1 nitrogen and oxygen atoms in total. The zero-order valence-corrected chi connectivity index (χ0v) is 23.7. The van der Waals surface area contributed by atoms with Gasteiger partial charge in [-0.15, -0.1) is 0 Å². The molecule has 0 amide bonds. The van der Waals surface area contributed by atoms with E-state index in [1.54, 1.807) is 13.6 Å². The molecule has 0 saturated carbocycles. The van der Waals surface area contributed by atoms with Crippen LogP contribution in [0.15, 0.2) is 125 Å². The average Bonchev–Trinajstić information content (AvgIpc) is 3.58. The molecule has 2 aliphatic carbocycles. The van der Waals surface area contributed by atoms with Crippen LogP contribution < -0.4 is 4.74 Å². The first-order chi connectivity index (χ1) is 17.5. The molecule has 0 heterocycles. The Morgan fingerprint density at radius 1 is 0.722 bits per heavy atom. The van der Waals surface area contributed by atoms with E-state index in [0.29, 0.717) is 3.63 Å². The number of benzene rings is 4. The van der Waals surface area contributed by atoms with E-state index in [-0.39, 0.29) is 0 Å². The van der Waals surface area contributed by atoms with Crippen LogP contribution in [0.2, 0.25) is 9.26 Å². The minimum atomic E-state index is -4.17. The summed E-state index contributed by atoms with van der Waals surface area (Å²) < 4.78 is 14.7. The first kappa shape index (κ1) is 23.3. The van der Waals surface area contributed by atoms with Crippen molar-refractivity contribution < 1.29 is 23.0 Å². The summed E-state index contributed by atoms with van der Waals surface area (Å²) in [4.78, 5) is 0. The van der Waals surface area contributed by atoms with E-state index in [1.165, 1.54) is 33.4 Å². The van der Waals surface area contributed by atoms with E-state index in [1.807, 2.05) is 0 Å². The van der Waals surface area contributed by atoms with E-state index in [0.717, 1.165) is 12.2 Å².